The van der Waals surface area contributed by atoms with Crippen LogP contribution in [0, 0.1) is 5.92 Å². The molecule has 6 nitrogen and oxygen atoms in total. The molecule has 0 aliphatic carbocycles. The molecule has 0 unspecified atom stereocenters. The maximum atomic E-state index is 13.5. The maximum absolute atomic E-state index is 13.5. The number of hydrogen-bond acceptors (Lipinski definition) is 5. The summed E-state index contributed by atoms with van der Waals surface area (Å²) in [6, 6.07) is 7.73. The molecule has 0 spiro atoms. The number of amides is 1. The number of pyridine rings is 2. The van der Waals surface area contributed by atoms with Gasteiger partial charge in [0.2, 0.25) is 0 Å². The minimum atomic E-state index is -0.988. The van der Waals surface area contributed by atoms with Crippen LogP contribution in [0.3, 0.4) is 0 Å². The fourth-order valence-corrected chi connectivity index (χ4v) is 5.41. The van der Waals surface area contributed by atoms with Gasteiger partial charge < -0.3 is 14.4 Å². The number of piperidine rings is 1. The van der Waals surface area contributed by atoms with E-state index in [1.165, 1.54) is 4.90 Å². The van der Waals surface area contributed by atoms with Crippen molar-refractivity contribution >= 4 is 23.5 Å². The second-order valence-electron chi connectivity index (χ2n) is 8.48. The number of hydrogen-bond donors (Lipinski definition) is 0. The molecular formula is C22H25FN4O2S. The minimum Gasteiger partial charge on any atom is -0.356 e. The van der Waals surface area contributed by atoms with Gasteiger partial charge in [-0.05, 0) is 49.3 Å². The molecule has 5 heterocycles. The third-order valence-corrected chi connectivity index (χ3v) is 7.25. The SMILES string of the molecule is CSc1ccc(N2C[C@@H]3C[C@H](C2)c2ccc(C(=O)N4CC[C@H](F)C4)c(=O)n2C3)nc1. The molecule has 0 radical (unpaired) electrons. The smallest absolute Gasteiger partial charge is 0.263 e. The van der Waals surface area contributed by atoms with E-state index < -0.39 is 6.17 Å². The van der Waals surface area contributed by atoms with E-state index in [2.05, 4.69) is 22.0 Å². The maximum Gasteiger partial charge on any atom is 0.263 e. The summed E-state index contributed by atoms with van der Waals surface area (Å²) in [5.41, 5.74) is 0.924. The monoisotopic (exact) mass is 428 g/mol. The second-order valence-corrected chi connectivity index (χ2v) is 9.36. The molecule has 3 aliphatic heterocycles. The molecule has 0 saturated carbocycles. The largest absolute Gasteiger partial charge is 0.356 e. The number of halogens is 1. The van der Waals surface area contributed by atoms with Gasteiger partial charge in [-0.3, -0.25) is 9.59 Å². The van der Waals surface area contributed by atoms with Crippen LogP contribution in [0.15, 0.2) is 40.2 Å². The first-order valence-corrected chi connectivity index (χ1v) is 11.7. The van der Waals surface area contributed by atoms with Crippen molar-refractivity contribution in [3.05, 3.63) is 52.1 Å². The van der Waals surface area contributed by atoms with Crippen molar-refractivity contribution in [2.45, 2.75) is 36.4 Å². The molecule has 0 aromatic carbocycles. The van der Waals surface area contributed by atoms with E-state index in [0.717, 1.165) is 35.9 Å². The molecule has 2 saturated heterocycles. The van der Waals surface area contributed by atoms with Crippen molar-refractivity contribution in [2.24, 2.45) is 5.92 Å². The first-order valence-electron chi connectivity index (χ1n) is 10.5. The summed E-state index contributed by atoms with van der Waals surface area (Å²) >= 11 is 1.68. The highest BCUT2D eigenvalue weighted by molar-refractivity contribution is 7.98. The predicted octanol–water partition coefficient (Wildman–Crippen LogP) is 2.77. The highest BCUT2D eigenvalue weighted by Crippen LogP contribution is 2.36. The third kappa shape index (κ3) is 3.41. The molecule has 1 amide bonds. The van der Waals surface area contributed by atoms with Gasteiger partial charge >= 0.3 is 0 Å². The molecule has 3 aliphatic rings. The minimum absolute atomic E-state index is 0.0859. The van der Waals surface area contributed by atoms with E-state index in [-0.39, 0.29) is 29.5 Å². The van der Waals surface area contributed by atoms with Gasteiger partial charge in [0.1, 0.15) is 17.6 Å². The van der Waals surface area contributed by atoms with E-state index in [9.17, 15) is 14.0 Å². The number of nitrogens with zero attached hydrogens (tertiary/aromatic N) is 4. The van der Waals surface area contributed by atoms with Crippen LogP contribution in [0.2, 0.25) is 0 Å². The molecule has 2 aromatic heterocycles. The Morgan fingerprint density at radius 1 is 1.17 bits per heavy atom. The normalized spacial score (nSPS) is 25.3. The van der Waals surface area contributed by atoms with Gasteiger partial charge in [0.25, 0.3) is 11.5 Å². The number of likely N-dealkylation sites (tertiary alicyclic amines) is 1. The van der Waals surface area contributed by atoms with Gasteiger partial charge in [0.15, 0.2) is 0 Å². The Morgan fingerprint density at radius 2 is 2.03 bits per heavy atom. The van der Waals surface area contributed by atoms with Crippen LogP contribution in [-0.4, -0.2) is 59.0 Å². The van der Waals surface area contributed by atoms with Crippen LogP contribution in [0.4, 0.5) is 10.2 Å². The second kappa shape index (κ2) is 7.72. The third-order valence-electron chi connectivity index (χ3n) is 6.53. The summed E-state index contributed by atoms with van der Waals surface area (Å²) in [5.74, 6) is 1.20. The fourth-order valence-electron chi connectivity index (χ4n) is 5.05. The number of carbonyl (C=O) groups excluding carboxylic acids is 1. The molecule has 158 valence electrons. The first-order chi connectivity index (χ1) is 14.5. The standard InChI is InChI=1S/C22H25FN4O2S/c1-30-17-2-5-20(24-9-17)26-10-14-8-15(12-26)19-4-3-18(22(29)27(19)11-14)21(28)25-7-6-16(23)13-25/h2-5,9,14-16H,6-8,10-13H2,1H3/t14-,15+,16-/m0/s1. The number of anilines is 1. The van der Waals surface area contributed by atoms with Crippen molar-refractivity contribution in [1.29, 1.82) is 0 Å². The van der Waals surface area contributed by atoms with E-state index >= 15 is 0 Å². The molecule has 8 heteroatoms. The number of alkyl halides is 1. The van der Waals surface area contributed by atoms with Crippen LogP contribution in [-0.2, 0) is 6.54 Å². The Balaban J connectivity index is 1.41. The molecule has 2 bridgehead atoms. The number of rotatable bonds is 3. The summed E-state index contributed by atoms with van der Waals surface area (Å²) in [6.07, 6.45) is 4.35. The Bertz CT molecular complexity index is 1020. The van der Waals surface area contributed by atoms with Crippen LogP contribution in [0.1, 0.15) is 34.8 Å². The molecule has 2 fully saturated rings. The average molecular weight is 429 g/mol. The molecule has 0 N–H and O–H groups in total. The number of thioether (sulfide) groups is 1. The average Bonchev–Trinajstić information content (AvgIpc) is 3.20. The zero-order valence-corrected chi connectivity index (χ0v) is 17.8. The van der Waals surface area contributed by atoms with Gasteiger partial charge in [-0.1, -0.05) is 0 Å². The van der Waals surface area contributed by atoms with Crippen LogP contribution in [0.25, 0.3) is 0 Å². The summed E-state index contributed by atoms with van der Waals surface area (Å²) < 4.78 is 15.3. The van der Waals surface area contributed by atoms with Crippen molar-refractivity contribution in [1.82, 2.24) is 14.5 Å². The number of aromatic nitrogens is 2. The lowest BCUT2D eigenvalue weighted by Crippen LogP contribution is -2.48. The summed E-state index contributed by atoms with van der Waals surface area (Å²) in [7, 11) is 0. The van der Waals surface area contributed by atoms with E-state index in [0.29, 0.717) is 25.4 Å². The molecule has 3 atom stereocenters. The van der Waals surface area contributed by atoms with Crippen molar-refractivity contribution < 1.29 is 9.18 Å². The zero-order chi connectivity index (χ0) is 20.8. The Labute approximate surface area is 179 Å². The van der Waals surface area contributed by atoms with Gasteiger partial charge in [0.05, 0.1) is 6.54 Å². The van der Waals surface area contributed by atoms with Gasteiger partial charge in [-0.2, -0.15) is 0 Å². The molecule has 2 aromatic rings. The highest BCUT2D eigenvalue weighted by atomic mass is 32.2. The Morgan fingerprint density at radius 3 is 2.73 bits per heavy atom. The van der Waals surface area contributed by atoms with Crippen molar-refractivity contribution in [3.8, 4) is 0 Å². The lowest BCUT2D eigenvalue weighted by atomic mass is 9.83. The van der Waals surface area contributed by atoms with E-state index in [1.807, 2.05) is 18.5 Å². The first kappa shape index (κ1) is 19.6. The van der Waals surface area contributed by atoms with Crippen LogP contribution < -0.4 is 10.5 Å². The summed E-state index contributed by atoms with van der Waals surface area (Å²) in [5, 5.41) is 0. The summed E-state index contributed by atoms with van der Waals surface area (Å²) in [6.45, 7) is 2.73. The Hall–Kier alpha value is -2.35. The number of carbonyl (C=O) groups is 1. The topological polar surface area (TPSA) is 58.4 Å². The van der Waals surface area contributed by atoms with Gasteiger partial charge in [0, 0.05) is 48.9 Å². The fraction of sp³-hybridized carbons (Fsp3) is 0.500. The summed E-state index contributed by atoms with van der Waals surface area (Å²) in [4.78, 5) is 35.4. The zero-order valence-electron chi connectivity index (χ0n) is 17.0. The van der Waals surface area contributed by atoms with Gasteiger partial charge in [-0.25, -0.2) is 9.37 Å². The Kier molecular flexibility index (Phi) is 5.05. The lowest BCUT2D eigenvalue weighted by molar-refractivity contribution is 0.0779. The van der Waals surface area contributed by atoms with Crippen LogP contribution >= 0.6 is 11.8 Å². The quantitative estimate of drug-likeness (QED) is 0.704. The molecule has 30 heavy (non-hydrogen) atoms. The van der Waals surface area contributed by atoms with Crippen molar-refractivity contribution in [2.75, 3.05) is 37.3 Å². The van der Waals surface area contributed by atoms with Gasteiger partial charge in [-0.15, -0.1) is 11.8 Å². The van der Waals surface area contributed by atoms with Crippen LogP contribution in [0.5, 0.6) is 0 Å². The molecule has 5 rings (SSSR count). The number of fused-ring (bicyclic) bond motifs is 4. The lowest BCUT2D eigenvalue weighted by Gasteiger charge is -2.43. The molecular weight excluding hydrogens is 403 g/mol. The van der Waals surface area contributed by atoms with E-state index in [1.54, 1.807) is 22.4 Å². The highest BCUT2D eigenvalue weighted by Gasteiger charge is 2.36. The van der Waals surface area contributed by atoms with E-state index in [4.69, 9.17) is 0 Å². The predicted molar refractivity (Wildman–Crippen MR) is 115 cm³/mol. The van der Waals surface area contributed by atoms with Crippen molar-refractivity contribution in [3.63, 3.8) is 0 Å².